The van der Waals surface area contributed by atoms with Crippen LogP contribution in [0.4, 0.5) is 0 Å². The number of nitrogens with one attached hydrogen (secondary N) is 1. The molecular weight excluding hydrogens is 228 g/mol. The van der Waals surface area contributed by atoms with Crippen LogP contribution in [0.1, 0.15) is 18.1 Å². The van der Waals surface area contributed by atoms with Crippen LogP contribution in [0.2, 0.25) is 0 Å². The quantitative estimate of drug-likeness (QED) is 0.859. The van der Waals surface area contributed by atoms with Crippen LogP contribution >= 0.6 is 0 Å². The van der Waals surface area contributed by atoms with Crippen molar-refractivity contribution in [1.82, 2.24) is 5.32 Å². The summed E-state index contributed by atoms with van der Waals surface area (Å²) < 4.78 is 11.5. The Balaban J connectivity index is 2.11. The van der Waals surface area contributed by atoms with Crippen LogP contribution < -0.4 is 10.1 Å². The van der Waals surface area contributed by atoms with Crippen LogP contribution in [0, 0.1) is 0 Å². The van der Waals surface area contributed by atoms with Crippen molar-refractivity contribution in [2.45, 2.75) is 18.9 Å². The molecule has 1 N–H and O–H groups in total. The van der Waals surface area contributed by atoms with Crippen LogP contribution in [-0.2, 0) is 16.8 Å². The summed E-state index contributed by atoms with van der Waals surface area (Å²) in [6, 6.07) is 6.13. The van der Waals surface area contributed by atoms with E-state index >= 15 is 0 Å². The minimum atomic E-state index is -0.460. The molecule has 0 bridgehead atoms. The largest absolute Gasteiger partial charge is 0.496 e. The van der Waals surface area contributed by atoms with Gasteiger partial charge in [-0.3, -0.25) is 4.99 Å². The number of fused-ring (bicyclic) bond motifs is 1. The number of aliphatic imine (C=N–C) groups is 1. The Hall–Kier alpha value is -1.55. The number of rotatable bonds is 2. The summed E-state index contributed by atoms with van der Waals surface area (Å²) in [6.07, 6.45) is 0.891. The number of amidine groups is 1. The van der Waals surface area contributed by atoms with Crippen molar-refractivity contribution in [2.24, 2.45) is 4.99 Å². The summed E-state index contributed by atoms with van der Waals surface area (Å²) in [5.74, 6) is 1.89. The van der Waals surface area contributed by atoms with Gasteiger partial charge in [-0.2, -0.15) is 0 Å². The van der Waals surface area contributed by atoms with Crippen LogP contribution in [0.3, 0.4) is 0 Å². The highest BCUT2D eigenvalue weighted by molar-refractivity contribution is 5.93. The van der Waals surface area contributed by atoms with Gasteiger partial charge in [-0.15, -0.1) is 0 Å². The molecule has 2 heterocycles. The van der Waals surface area contributed by atoms with Gasteiger partial charge in [0.2, 0.25) is 0 Å². The molecule has 4 heteroatoms. The zero-order valence-electron chi connectivity index (χ0n) is 10.8. The molecule has 0 saturated heterocycles. The molecule has 1 unspecified atom stereocenters. The third kappa shape index (κ3) is 1.60. The van der Waals surface area contributed by atoms with Gasteiger partial charge in [0.25, 0.3) is 0 Å². The first-order valence-electron chi connectivity index (χ1n) is 6.35. The Kier molecular flexibility index (Phi) is 2.74. The van der Waals surface area contributed by atoms with Crippen LogP contribution in [0.15, 0.2) is 23.2 Å². The van der Waals surface area contributed by atoms with E-state index in [-0.39, 0.29) is 0 Å². The van der Waals surface area contributed by atoms with E-state index in [0.717, 1.165) is 31.1 Å². The van der Waals surface area contributed by atoms with Crippen molar-refractivity contribution in [3.63, 3.8) is 0 Å². The molecule has 96 valence electrons. The maximum absolute atomic E-state index is 6.03. The molecule has 1 aromatic rings. The SMILES string of the molecule is COc1cccc2c1CCOC2(C)C1=NCCN1. The highest BCUT2D eigenvalue weighted by atomic mass is 16.5. The molecule has 1 atom stereocenters. The van der Waals surface area contributed by atoms with Gasteiger partial charge in [0.05, 0.1) is 20.3 Å². The van der Waals surface area contributed by atoms with Crippen molar-refractivity contribution < 1.29 is 9.47 Å². The number of ether oxygens (including phenoxy) is 2. The second-order valence-corrected chi connectivity index (χ2v) is 4.78. The molecule has 3 rings (SSSR count). The first-order valence-corrected chi connectivity index (χ1v) is 6.35. The summed E-state index contributed by atoms with van der Waals surface area (Å²) in [6.45, 7) is 4.51. The molecule has 1 aromatic carbocycles. The van der Waals surface area contributed by atoms with Crippen molar-refractivity contribution in [2.75, 3.05) is 26.8 Å². The third-order valence-electron chi connectivity index (χ3n) is 3.74. The summed E-state index contributed by atoms with van der Waals surface area (Å²) in [7, 11) is 1.72. The summed E-state index contributed by atoms with van der Waals surface area (Å²) >= 11 is 0. The van der Waals surface area contributed by atoms with E-state index in [1.807, 2.05) is 12.1 Å². The Bertz CT molecular complexity index is 499. The molecule has 0 aliphatic carbocycles. The number of nitrogens with zero attached hydrogens (tertiary/aromatic N) is 1. The van der Waals surface area contributed by atoms with Crippen molar-refractivity contribution in [3.05, 3.63) is 29.3 Å². The molecule has 0 saturated carbocycles. The molecule has 0 fully saturated rings. The Morgan fingerprint density at radius 3 is 3.06 bits per heavy atom. The number of hydrogen-bond donors (Lipinski definition) is 1. The van der Waals surface area contributed by atoms with E-state index in [4.69, 9.17) is 9.47 Å². The second kappa shape index (κ2) is 4.28. The summed E-state index contributed by atoms with van der Waals surface area (Å²) in [4.78, 5) is 4.53. The van der Waals surface area contributed by atoms with Gasteiger partial charge in [0, 0.05) is 12.1 Å². The van der Waals surface area contributed by atoms with Gasteiger partial charge in [-0.05, 0) is 25.0 Å². The molecule has 0 spiro atoms. The van der Waals surface area contributed by atoms with Crippen LogP contribution in [0.25, 0.3) is 0 Å². The minimum Gasteiger partial charge on any atom is -0.496 e. The molecule has 0 radical (unpaired) electrons. The maximum Gasteiger partial charge on any atom is 0.147 e. The highest BCUT2D eigenvalue weighted by Gasteiger charge is 2.40. The zero-order chi connectivity index (χ0) is 12.6. The smallest absolute Gasteiger partial charge is 0.147 e. The first kappa shape index (κ1) is 11.5. The van der Waals surface area contributed by atoms with Crippen LogP contribution in [-0.4, -0.2) is 32.6 Å². The van der Waals surface area contributed by atoms with Crippen molar-refractivity contribution >= 4 is 5.84 Å². The fraction of sp³-hybridized carbons (Fsp3) is 0.500. The van der Waals surface area contributed by atoms with Gasteiger partial charge >= 0.3 is 0 Å². The van der Waals surface area contributed by atoms with Gasteiger partial charge in [-0.25, -0.2) is 0 Å². The van der Waals surface area contributed by atoms with Crippen LogP contribution in [0.5, 0.6) is 5.75 Å². The van der Waals surface area contributed by atoms with E-state index in [0.29, 0.717) is 6.61 Å². The Labute approximate surface area is 107 Å². The van der Waals surface area contributed by atoms with E-state index in [1.54, 1.807) is 7.11 Å². The first-order chi connectivity index (χ1) is 8.75. The molecule has 2 aliphatic rings. The molecule has 0 amide bonds. The molecule has 18 heavy (non-hydrogen) atoms. The van der Waals surface area contributed by atoms with Crippen molar-refractivity contribution in [3.8, 4) is 5.75 Å². The molecule has 4 nitrogen and oxygen atoms in total. The molecular formula is C14H18N2O2. The molecule has 2 aliphatic heterocycles. The minimum absolute atomic E-state index is 0.460. The number of methoxy groups -OCH3 is 1. The normalized spacial score (nSPS) is 26.2. The van der Waals surface area contributed by atoms with Gasteiger partial charge < -0.3 is 14.8 Å². The van der Waals surface area contributed by atoms with E-state index < -0.39 is 5.60 Å². The maximum atomic E-state index is 6.03. The van der Waals surface area contributed by atoms with Gasteiger partial charge in [-0.1, -0.05) is 12.1 Å². The summed E-state index contributed by atoms with van der Waals surface area (Å²) in [5, 5.41) is 3.33. The van der Waals surface area contributed by atoms with E-state index in [2.05, 4.69) is 23.3 Å². The highest BCUT2D eigenvalue weighted by Crippen LogP contribution is 2.38. The fourth-order valence-electron chi connectivity index (χ4n) is 2.81. The van der Waals surface area contributed by atoms with Gasteiger partial charge in [0.1, 0.15) is 17.2 Å². The van der Waals surface area contributed by atoms with E-state index in [9.17, 15) is 0 Å². The second-order valence-electron chi connectivity index (χ2n) is 4.78. The average molecular weight is 246 g/mol. The lowest BCUT2D eigenvalue weighted by atomic mass is 9.86. The lowest BCUT2D eigenvalue weighted by Crippen LogP contribution is -2.45. The van der Waals surface area contributed by atoms with Crippen molar-refractivity contribution in [1.29, 1.82) is 0 Å². The lowest BCUT2D eigenvalue weighted by Gasteiger charge is -2.36. The predicted molar refractivity (Wildman–Crippen MR) is 70.3 cm³/mol. The average Bonchev–Trinajstić information content (AvgIpc) is 2.93. The molecule has 0 aromatic heterocycles. The topological polar surface area (TPSA) is 42.9 Å². The standard InChI is InChI=1S/C14H18N2O2/c1-14(13-15-7-8-16-13)11-4-3-5-12(17-2)10(11)6-9-18-14/h3-5H,6-9H2,1-2H3,(H,15,16). The summed E-state index contributed by atoms with van der Waals surface area (Å²) in [5.41, 5.74) is 1.95. The Morgan fingerprint density at radius 2 is 2.33 bits per heavy atom. The number of benzene rings is 1. The fourth-order valence-corrected chi connectivity index (χ4v) is 2.81. The van der Waals surface area contributed by atoms with Gasteiger partial charge in [0.15, 0.2) is 0 Å². The lowest BCUT2D eigenvalue weighted by molar-refractivity contribution is 0.00514. The monoisotopic (exact) mass is 246 g/mol. The predicted octanol–water partition coefficient (Wildman–Crippen LogP) is 1.48. The van der Waals surface area contributed by atoms with E-state index in [1.165, 1.54) is 11.1 Å². The Morgan fingerprint density at radius 1 is 1.44 bits per heavy atom. The zero-order valence-corrected chi connectivity index (χ0v) is 10.8. The number of hydrogen-bond acceptors (Lipinski definition) is 4. The third-order valence-corrected chi connectivity index (χ3v) is 3.74.